The summed E-state index contributed by atoms with van der Waals surface area (Å²) in [6, 6.07) is 17.8. The molecule has 0 radical (unpaired) electrons. The molecule has 1 aromatic heterocycles. The van der Waals surface area contributed by atoms with Crippen LogP contribution in [0.3, 0.4) is 0 Å². The summed E-state index contributed by atoms with van der Waals surface area (Å²) in [7, 11) is 1.35. The van der Waals surface area contributed by atoms with E-state index in [1.54, 1.807) is 19.9 Å². The number of carbonyl (C=O) groups excluding carboxylic acids is 1. The van der Waals surface area contributed by atoms with E-state index in [9.17, 15) is 4.79 Å². The van der Waals surface area contributed by atoms with Crippen LogP contribution < -0.4 is 4.74 Å². The van der Waals surface area contributed by atoms with Crippen molar-refractivity contribution in [2.24, 2.45) is 0 Å². The summed E-state index contributed by atoms with van der Waals surface area (Å²) in [6.07, 6.45) is 1.68. The van der Waals surface area contributed by atoms with E-state index >= 15 is 0 Å². The van der Waals surface area contributed by atoms with Crippen LogP contribution in [-0.4, -0.2) is 23.0 Å². The molecule has 0 fully saturated rings. The Bertz CT molecular complexity index is 1030. The zero-order chi connectivity index (χ0) is 20.1. The summed E-state index contributed by atoms with van der Waals surface area (Å²) in [5.41, 5.74) is 3.67. The second-order valence-electron chi connectivity index (χ2n) is 6.23. The molecule has 0 bridgehead atoms. The Hall–Kier alpha value is -3.47. The average molecular weight is 374 g/mol. The van der Waals surface area contributed by atoms with Crippen molar-refractivity contribution < 1.29 is 14.3 Å². The largest absolute Gasteiger partial charge is 0.465 e. The molecule has 142 valence electrons. The highest BCUT2D eigenvalue weighted by molar-refractivity contribution is 6.17. The number of allylic oxidation sites excluding steroid dienone is 1. The van der Waals surface area contributed by atoms with Crippen molar-refractivity contribution in [2.75, 3.05) is 7.11 Å². The first-order valence-electron chi connectivity index (χ1n) is 8.97. The number of ether oxygens (including phenoxy) is 2. The van der Waals surface area contributed by atoms with Crippen molar-refractivity contribution in [1.82, 2.24) is 9.97 Å². The SMILES string of the molecule is CC=C(C(=O)OC)c1c(C)nc(C)nc1Oc1cccc(-c2ccccc2)c1. The van der Waals surface area contributed by atoms with Gasteiger partial charge in [0, 0.05) is 0 Å². The topological polar surface area (TPSA) is 61.3 Å². The molecule has 28 heavy (non-hydrogen) atoms. The zero-order valence-corrected chi connectivity index (χ0v) is 16.4. The smallest absolute Gasteiger partial charge is 0.338 e. The van der Waals surface area contributed by atoms with Crippen LogP contribution >= 0.6 is 0 Å². The summed E-state index contributed by atoms with van der Waals surface area (Å²) in [6.45, 7) is 5.38. The molecule has 0 saturated heterocycles. The van der Waals surface area contributed by atoms with Gasteiger partial charge in [-0.2, -0.15) is 4.98 Å². The molecule has 0 aliphatic heterocycles. The van der Waals surface area contributed by atoms with Crippen molar-refractivity contribution in [2.45, 2.75) is 20.8 Å². The first-order valence-corrected chi connectivity index (χ1v) is 8.97. The summed E-state index contributed by atoms with van der Waals surface area (Å²) >= 11 is 0. The number of methoxy groups -OCH3 is 1. The molecule has 0 aliphatic rings. The van der Waals surface area contributed by atoms with Crippen LogP contribution in [-0.2, 0) is 9.53 Å². The lowest BCUT2D eigenvalue weighted by atomic mass is 10.0. The first kappa shape index (κ1) is 19.3. The van der Waals surface area contributed by atoms with Gasteiger partial charge < -0.3 is 9.47 Å². The van der Waals surface area contributed by atoms with Crippen molar-refractivity contribution >= 4 is 11.5 Å². The molecule has 0 amide bonds. The minimum atomic E-state index is -0.457. The summed E-state index contributed by atoms with van der Waals surface area (Å²) in [5.74, 6) is 1.06. The Kier molecular flexibility index (Phi) is 5.84. The van der Waals surface area contributed by atoms with Crippen LogP contribution in [0.2, 0.25) is 0 Å². The van der Waals surface area contributed by atoms with Gasteiger partial charge in [0.05, 0.1) is 23.9 Å². The van der Waals surface area contributed by atoms with E-state index in [0.717, 1.165) is 11.1 Å². The third-order valence-electron chi connectivity index (χ3n) is 4.29. The molecule has 3 rings (SSSR count). The third-order valence-corrected chi connectivity index (χ3v) is 4.29. The fourth-order valence-electron chi connectivity index (χ4n) is 3.02. The van der Waals surface area contributed by atoms with Crippen LogP contribution in [0.15, 0.2) is 60.7 Å². The van der Waals surface area contributed by atoms with E-state index in [1.807, 2.05) is 61.5 Å². The number of hydrogen-bond donors (Lipinski definition) is 0. The number of rotatable bonds is 5. The maximum Gasteiger partial charge on any atom is 0.338 e. The van der Waals surface area contributed by atoms with Crippen LogP contribution in [0.5, 0.6) is 11.6 Å². The number of hydrogen-bond acceptors (Lipinski definition) is 5. The van der Waals surface area contributed by atoms with Gasteiger partial charge in [-0.3, -0.25) is 0 Å². The molecule has 1 heterocycles. The molecule has 5 heteroatoms. The molecule has 2 aromatic carbocycles. The van der Waals surface area contributed by atoms with Crippen LogP contribution in [0.1, 0.15) is 24.0 Å². The van der Waals surface area contributed by atoms with E-state index in [0.29, 0.717) is 34.3 Å². The van der Waals surface area contributed by atoms with Gasteiger partial charge in [-0.25, -0.2) is 9.78 Å². The maximum absolute atomic E-state index is 12.2. The number of esters is 1. The van der Waals surface area contributed by atoms with Crippen LogP contribution in [0.25, 0.3) is 16.7 Å². The average Bonchev–Trinajstić information content (AvgIpc) is 2.71. The Labute approximate surface area is 164 Å². The summed E-state index contributed by atoms with van der Waals surface area (Å²) in [4.78, 5) is 21.0. The molecule has 0 unspecified atom stereocenters. The van der Waals surface area contributed by atoms with Crippen molar-refractivity contribution in [1.29, 1.82) is 0 Å². The zero-order valence-electron chi connectivity index (χ0n) is 16.4. The van der Waals surface area contributed by atoms with E-state index in [-0.39, 0.29) is 0 Å². The molecule has 0 spiro atoms. The predicted molar refractivity (Wildman–Crippen MR) is 109 cm³/mol. The minimum Gasteiger partial charge on any atom is -0.465 e. The van der Waals surface area contributed by atoms with Gasteiger partial charge in [-0.1, -0.05) is 48.5 Å². The Morgan fingerprint density at radius 3 is 2.36 bits per heavy atom. The molecule has 0 atom stereocenters. The van der Waals surface area contributed by atoms with E-state index < -0.39 is 5.97 Å². The highest BCUT2D eigenvalue weighted by atomic mass is 16.5. The van der Waals surface area contributed by atoms with Gasteiger partial charge in [0.1, 0.15) is 11.6 Å². The Morgan fingerprint density at radius 2 is 1.68 bits per heavy atom. The Morgan fingerprint density at radius 1 is 0.964 bits per heavy atom. The second kappa shape index (κ2) is 8.48. The molecule has 3 aromatic rings. The molecular formula is C23H22N2O3. The normalized spacial score (nSPS) is 11.2. The number of aryl methyl sites for hydroxylation is 2. The quantitative estimate of drug-likeness (QED) is 0.458. The van der Waals surface area contributed by atoms with Gasteiger partial charge >= 0.3 is 5.97 Å². The second-order valence-corrected chi connectivity index (χ2v) is 6.23. The Balaban J connectivity index is 2.05. The first-order chi connectivity index (χ1) is 13.5. The summed E-state index contributed by atoms with van der Waals surface area (Å²) in [5, 5.41) is 0. The van der Waals surface area contributed by atoms with Crippen LogP contribution in [0, 0.1) is 13.8 Å². The standard InChI is InChI=1S/C23H22N2O3/c1-5-20(23(26)27-4)21-15(2)24-16(3)25-22(21)28-19-13-9-12-18(14-19)17-10-7-6-8-11-17/h5-14H,1-4H3. The van der Waals surface area contributed by atoms with E-state index in [2.05, 4.69) is 9.97 Å². The van der Waals surface area contributed by atoms with Crippen molar-refractivity contribution in [3.63, 3.8) is 0 Å². The molecule has 0 aliphatic carbocycles. The lowest BCUT2D eigenvalue weighted by Crippen LogP contribution is -2.09. The van der Waals surface area contributed by atoms with Gasteiger partial charge in [0.15, 0.2) is 0 Å². The van der Waals surface area contributed by atoms with Gasteiger partial charge in [-0.15, -0.1) is 0 Å². The third kappa shape index (κ3) is 4.09. The van der Waals surface area contributed by atoms with Crippen molar-refractivity contribution in [3.05, 3.63) is 77.8 Å². The van der Waals surface area contributed by atoms with E-state index in [4.69, 9.17) is 9.47 Å². The molecule has 5 nitrogen and oxygen atoms in total. The van der Waals surface area contributed by atoms with Gasteiger partial charge in [0.25, 0.3) is 0 Å². The van der Waals surface area contributed by atoms with Gasteiger partial charge in [-0.05, 0) is 44.0 Å². The maximum atomic E-state index is 12.2. The van der Waals surface area contributed by atoms with Crippen molar-refractivity contribution in [3.8, 4) is 22.8 Å². The monoisotopic (exact) mass is 374 g/mol. The summed E-state index contributed by atoms with van der Waals surface area (Å²) < 4.78 is 11.0. The van der Waals surface area contributed by atoms with E-state index in [1.165, 1.54) is 7.11 Å². The lowest BCUT2D eigenvalue weighted by Gasteiger charge is -2.15. The highest BCUT2D eigenvalue weighted by Gasteiger charge is 2.22. The van der Waals surface area contributed by atoms with Crippen LogP contribution in [0.4, 0.5) is 0 Å². The molecule has 0 N–H and O–H groups in total. The number of benzene rings is 2. The minimum absolute atomic E-state index is 0.328. The fraction of sp³-hybridized carbons (Fsp3) is 0.174. The lowest BCUT2D eigenvalue weighted by molar-refractivity contribution is -0.133. The predicted octanol–water partition coefficient (Wildman–Crippen LogP) is 5.13. The van der Waals surface area contributed by atoms with Gasteiger partial charge in [0.2, 0.25) is 5.88 Å². The number of nitrogens with zero attached hydrogens (tertiary/aromatic N) is 2. The number of carbonyl (C=O) groups is 1. The number of aromatic nitrogens is 2. The highest BCUT2D eigenvalue weighted by Crippen LogP contribution is 2.33. The fourth-order valence-corrected chi connectivity index (χ4v) is 3.02. The molecular weight excluding hydrogens is 352 g/mol. The molecule has 0 saturated carbocycles.